The van der Waals surface area contributed by atoms with Gasteiger partial charge in [-0.1, -0.05) is 37.6 Å². The number of methoxy groups -OCH3 is 1. The van der Waals surface area contributed by atoms with Crippen LogP contribution in [0, 0.1) is 0 Å². The highest BCUT2D eigenvalue weighted by Crippen LogP contribution is 2.37. The van der Waals surface area contributed by atoms with Crippen molar-refractivity contribution in [1.29, 1.82) is 0 Å². The second kappa shape index (κ2) is 8.92. The number of carbonyl (C=O) groups excluding carboxylic acids is 1. The molecule has 1 atom stereocenters. The predicted molar refractivity (Wildman–Crippen MR) is 121 cm³/mol. The molecule has 0 saturated carbocycles. The molecule has 0 fully saturated rings. The topological polar surface area (TPSA) is 71.3 Å². The quantitative estimate of drug-likeness (QED) is 0.591. The lowest BCUT2D eigenvalue weighted by Gasteiger charge is -2.37. The van der Waals surface area contributed by atoms with Gasteiger partial charge in [-0.25, -0.2) is 0 Å². The summed E-state index contributed by atoms with van der Waals surface area (Å²) >= 11 is 0. The first-order valence-corrected chi connectivity index (χ1v) is 10.9. The number of rotatable bonds is 8. The van der Waals surface area contributed by atoms with Gasteiger partial charge in [0.1, 0.15) is 5.75 Å². The van der Waals surface area contributed by atoms with Crippen LogP contribution in [0.25, 0.3) is 10.9 Å². The van der Waals surface area contributed by atoms with E-state index in [9.17, 15) is 4.79 Å². The molecule has 0 bridgehead atoms. The summed E-state index contributed by atoms with van der Waals surface area (Å²) in [5.74, 6) is 0.715. The molecule has 5 nitrogen and oxygen atoms in total. The van der Waals surface area contributed by atoms with Gasteiger partial charge in [-0.05, 0) is 60.1 Å². The average molecular weight is 406 g/mol. The lowest BCUT2D eigenvalue weighted by atomic mass is 9.86. The second-order valence-corrected chi connectivity index (χ2v) is 8.21. The number of H-pyrrole nitrogens is 1. The largest absolute Gasteiger partial charge is 0.496 e. The van der Waals surface area contributed by atoms with Gasteiger partial charge < -0.3 is 15.5 Å². The van der Waals surface area contributed by atoms with Gasteiger partial charge in [0, 0.05) is 29.7 Å². The van der Waals surface area contributed by atoms with E-state index in [0.717, 1.165) is 44.4 Å². The molecule has 4 rings (SSSR count). The summed E-state index contributed by atoms with van der Waals surface area (Å²) in [4.78, 5) is 17.4. The summed E-state index contributed by atoms with van der Waals surface area (Å²) in [5.41, 5.74) is 12.0. The Morgan fingerprint density at radius 3 is 2.83 bits per heavy atom. The van der Waals surface area contributed by atoms with Gasteiger partial charge in [-0.3, -0.25) is 9.69 Å². The molecule has 1 aliphatic rings. The van der Waals surface area contributed by atoms with Crippen LogP contribution in [0.3, 0.4) is 0 Å². The molecule has 1 aliphatic heterocycles. The second-order valence-electron chi connectivity index (χ2n) is 8.21. The number of hydrogen-bond acceptors (Lipinski definition) is 3. The summed E-state index contributed by atoms with van der Waals surface area (Å²) in [6.45, 7) is 3.32. The van der Waals surface area contributed by atoms with Gasteiger partial charge in [0.15, 0.2) is 0 Å². The monoisotopic (exact) mass is 405 g/mol. The van der Waals surface area contributed by atoms with Crippen LogP contribution in [-0.2, 0) is 24.1 Å². The fourth-order valence-corrected chi connectivity index (χ4v) is 4.84. The first-order valence-electron chi connectivity index (χ1n) is 10.9. The number of para-hydroxylation sites is 1. The van der Waals surface area contributed by atoms with Crippen molar-refractivity contribution in [2.45, 2.75) is 45.1 Å². The van der Waals surface area contributed by atoms with Gasteiger partial charge in [-0.15, -0.1) is 0 Å². The molecule has 1 amide bonds. The van der Waals surface area contributed by atoms with Crippen LogP contribution in [0.5, 0.6) is 5.75 Å². The molecule has 5 heteroatoms. The van der Waals surface area contributed by atoms with Crippen LogP contribution in [0.1, 0.15) is 48.1 Å². The standard InChI is InChI=1S/C25H31N3O2/c1-3-6-18-13-21-17(14-24(18)30-2)11-12-28(16-25(26)29)23(21)10-9-19-15-27-22-8-5-4-7-20(19)22/h4-5,7-8,13-15,23,27H,3,6,9-12,16H2,1-2H3,(H2,26,29). The zero-order chi connectivity index (χ0) is 21.1. The number of hydrogen-bond donors (Lipinski definition) is 2. The van der Waals surface area contributed by atoms with Gasteiger partial charge in [0.2, 0.25) is 5.91 Å². The van der Waals surface area contributed by atoms with Crippen molar-refractivity contribution in [3.63, 3.8) is 0 Å². The van der Waals surface area contributed by atoms with Gasteiger partial charge in [0.05, 0.1) is 13.7 Å². The Balaban J connectivity index is 1.67. The van der Waals surface area contributed by atoms with Crippen molar-refractivity contribution in [2.24, 2.45) is 5.73 Å². The van der Waals surface area contributed by atoms with Crippen molar-refractivity contribution in [3.05, 3.63) is 64.8 Å². The van der Waals surface area contributed by atoms with E-state index in [4.69, 9.17) is 10.5 Å². The van der Waals surface area contributed by atoms with Crippen molar-refractivity contribution < 1.29 is 9.53 Å². The van der Waals surface area contributed by atoms with Crippen LogP contribution < -0.4 is 10.5 Å². The normalized spacial score (nSPS) is 16.5. The highest BCUT2D eigenvalue weighted by atomic mass is 16.5. The van der Waals surface area contributed by atoms with Crippen molar-refractivity contribution in [3.8, 4) is 5.75 Å². The van der Waals surface area contributed by atoms with Crippen LogP contribution in [0.2, 0.25) is 0 Å². The highest BCUT2D eigenvalue weighted by Gasteiger charge is 2.29. The lowest BCUT2D eigenvalue weighted by Crippen LogP contribution is -2.41. The van der Waals surface area contributed by atoms with Crippen LogP contribution in [0.15, 0.2) is 42.6 Å². The number of aryl methyl sites for hydroxylation is 2. The number of fused-ring (bicyclic) bond motifs is 2. The maximum Gasteiger partial charge on any atom is 0.231 e. The Kier molecular flexibility index (Phi) is 6.09. The number of ether oxygens (including phenoxy) is 1. The number of nitrogens with two attached hydrogens (primary N) is 1. The lowest BCUT2D eigenvalue weighted by molar-refractivity contribution is -0.119. The molecule has 2 heterocycles. The predicted octanol–water partition coefficient (Wildman–Crippen LogP) is 4.15. The highest BCUT2D eigenvalue weighted by molar-refractivity contribution is 5.83. The smallest absolute Gasteiger partial charge is 0.231 e. The Bertz CT molecular complexity index is 1040. The minimum atomic E-state index is -0.266. The number of primary amides is 1. The zero-order valence-corrected chi connectivity index (χ0v) is 17.9. The molecular weight excluding hydrogens is 374 g/mol. The Morgan fingerprint density at radius 1 is 1.23 bits per heavy atom. The molecule has 0 aliphatic carbocycles. The number of nitrogens with one attached hydrogen (secondary N) is 1. The van der Waals surface area contributed by atoms with E-state index < -0.39 is 0 Å². The van der Waals surface area contributed by atoms with Crippen molar-refractivity contribution in [1.82, 2.24) is 9.88 Å². The summed E-state index contributed by atoms with van der Waals surface area (Å²) in [6.07, 6.45) is 6.97. The number of carbonyl (C=O) groups is 1. The fourth-order valence-electron chi connectivity index (χ4n) is 4.84. The summed E-state index contributed by atoms with van der Waals surface area (Å²) in [5, 5.41) is 1.27. The van der Waals surface area contributed by atoms with E-state index in [0.29, 0.717) is 6.54 Å². The third-order valence-electron chi connectivity index (χ3n) is 6.25. The Labute approximate surface area is 178 Å². The molecule has 3 aromatic rings. The van der Waals surface area contributed by atoms with E-state index >= 15 is 0 Å². The fraction of sp³-hybridized carbons (Fsp3) is 0.400. The van der Waals surface area contributed by atoms with Crippen LogP contribution >= 0.6 is 0 Å². The Hall–Kier alpha value is -2.79. The first kappa shape index (κ1) is 20.5. The molecular formula is C25H31N3O2. The molecule has 0 saturated heterocycles. The number of nitrogens with zero attached hydrogens (tertiary/aromatic N) is 1. The molecule has 0 radical (unpaired) electrons. The van der Waals surface area contributed by atoms with E-state index in [-0.39, 0.29) is 11.9 Å². The molecule has 1 aromatic heterocycles. The van der Waals surface area contributed by atoms with Crippen LogP contribution in [-0.4, -0.2) is 36.0 Å². The van der Waals surface area contributed by atoms with Crippen LogP contribution in [0.4, 0.5) is 0 Å². The van der Waals surface area contributed by atoms with Gasteiger partial charge in [0.25, 0.3) is 0 Å². The molecule has 3 N–H and O–H groups in total. The summed E-state index contributed by atoms with van der Waals surface area (Å²) < 4.78 is 5.67. The number of amides is 1. The third kappa shape index (κ3) is 4.08. The molecule has 0 spiro atoms. The number of aromatic nitrogens is 1. The van der Waals surface area contributed by atoms with E-state index in [1.165, 1.54) is 33.2 Å². The summed E-state index contributed by atoms with van der Waals surface area (Å²) in [7, 11) is 1.75. The molecule has 158 valence electrons. The van der Waals surface area contributed by atoms with Gasteiger partial charge >= 0.3 is 0 Å². The molecule has 2 aromatic carbocycles. The maximum atomic E-state index is 11.8. The maximum absolute atomic E-state index is 11.8. The first-order chi connectivity index (χ1) is 14.6. The third-order valence-corrected chi connectivity index (χ3v) is 6.25. The average Bonchev–Trinajstić information content (AvgIpc) is 3.15. The Morgan fingerprint density at radius 2 is 2.07 bits per heavy atom. The minimum Gasteiger partial charge on any atom is -0.496 e. The van der Waals surface area contributed by atoms with E-state index in [2.05, 4.69) is 59.4 Å². The molecule has 1 unspecified atom stereocenters. The zero-order valence-electron chi connectivity index (χ0n) is 17.9. The van der Waals surface area contributed by atoms with Crippen molar-refractivity contribution in [2.75, 3.05) is 20.2 Å². The van der Waals surface area contributed by atoms with E-state index in [1.54, 1.807) is 7.11 Å². The van der Waals surface area contributed by atoms with E-state index in [1.807, 2.05) is 0 Å². The SMILES string of the molecule is CCCc1cc2c(cc1OC)CCN(CC(N)=O)C2CCc1c[nH]c2ccccc12. The number of aromatic amines is 1. The van der Waals surface area contributed by atoms with Crippen molar-refractivity contribution >= 4 is 16.8 Å². The van der Waals surface area contributed by atoms with Gasteiger partial charge in [-0.2, -0.15) is 0 Å². The number of benzene rings is 2. The minimum absolute atomic E-state index is 0.177. The molecule has 30 heavy (non-hydrogen) atoms. The summed E-state index contributed by atoms with van der Waals surface area (Å²) in [6, 6.07) is 13.1.